The van der Waals surface area contributed by atoms with Gasteiger partial charge in [0.1, 0.15) is 0 Å². The van der Waals surface area contributed by atoms with E-state index in [1.807, 2.05) is 0 Å². The van der Waals surface area contributed by atoms with Gasteiger partial charge in [-0.3, -0.25) is 5.84 Å². The summed E-state index contributed by atoms with van der Waals surface area (Å²) in [5, 5.41) is 1.57. The van der Waals surface area contributed by atoms with Crippen LogP contribution in [0, 0.1) is 0 Å². The fraction of sp³-hybridized carbons (Fsp3) is 1.00. The van der Waals surface area contributed by atoms with E-state index >= 15 is 0 Å². The standard InChI is InChI=1S/C6H18N4/c1-4-5-6(2)10(7)9-8-3/h6,8-9H,4-5,7H2,1-3H3. The maximum Gasteiger partial charge on any atom is 0.0382 e. The molecule has 0 rings (SSSR count). The smallest absolute Gasteiger partial charge is 0.0382 e. The highest BCUT2D eigenvalue weighted by Crippen LogP contribution is 1.97. The Bertz CT molecular complexity index is 66.1. The number of hydrogen-bond acceptors (Lipinski definition) is 4. The van der Waals surface area contributed by atoms with Gasteiger partial charge in [0.2, 0.25) is 0 Å². The molecule has 0 aromatic rings. The lowest BCUT2D eigenvalue weighted by Crippen LogP contribution is -2.54. The first-order valence-corrected chi connectivity index (χ1v) is 3.68. The monoisotopic (exact) mass is 146 g/mol. The Morgan fingerprint density at radius 3 is 2.60 bits per heavy atom. The molecule has 0 aliphatic heterocycles. The topological polar surface area (TPSA) is 53.3 Å². The summed E-state index contributed by atoms with van der Waals surface area (Å²) in [6.45, 7) is 4.22. The Hall–Kier alpha value is -0.160. The second-order valence-corrected chi connectivity index (χ2v) is 2.41. The molecule has 0 fully saturated rings. The zero-order chi connectivity index (χ0) is 7.98. The molecule has 1 atom stereocenters. The maximum atomic E-state index is 5.57. The van der Waals surface area contributed by atoms with Crippen molar-refractivity contribution in [2.75, 3.05) is 7.05 Å². The SMILES string of the molecule is CCCC(C)N(N)NNC. The second kappa shape index (κ2) is 5.61. The Kier molecular flexibility index (Phi) is 5.52. The molecule has 0 aromatic heterocycles. The fourth-order valence-corrected chi connectivity index (χ4v) is 0.796. The summed E-state index contributed by atoms with van der Waals surface area (Å²) in [4.78, 5) is 0. The van der Waals surface area contributed by atoms with E-state index < -0.39 is 0 Å². The highest BCUT2D eigenvalue weighted by Gasteiger charge is 2.05. The third-order valence-electron chi connectivity index (χ3n) is 1.42. The van der Waals surface area contributed by atoms with Gasteiger partial charge in [-0.15, -0.1) is 0 Å². The molecule has 0 aromatic carbocycles. The molecule has 1 unspecified atom stereocenters. The zero-order valence-electron chi connectivity index (χ0n) is 7.02. The molecular weight excluding hydrogens is 128 g/mol. The molecule has 62 valence electrons. The number of hydrazine groups is 3. The molecule has 0 spiro atoms. The van der Waals surface area contributed by atoms with Crippen LogP contribution in [0.5, 0.6) is 0 Å². The molecular formula is C6H18N4. The van der Waals surface area contributed by atoms with Crippen molar-refractivity contribution in [2.45, 2.75) is 32.7 Å². The van der Waals surface area contributed by atoms with E-state index in [9.17, 15) is 0 Å². The summed E-state index contributed by atoms with van der Waals surface area (Å²) in [6.07, 6.45) is 2.26. The average Bonchev–Trinajstić information content (AvgIpc) is 1.89. The van der Waals surface area contributed by atoms with Gasteiger partial charge in [0.15, 0.2) is 0 Å². The Morgan fingerprint density at radius 1 is 1.60 bits per heavy atom. The van der Waals surface area contributed by atoms with Crippen LogP contribution in [-0.2, 0) is 0 Å². The zero-order valence-corrected chi connectivity index (χ0v) is 7.02. The Balaban J connectivity index is 3.38. The Morgan fingerprint density at radius 2 is 2.20 bits per heavy atom. The Labute approximate surface area is 62.7 Å². The largest absolute Gasteiger partial charge is 0.254 e. The average molecular weight is 146 g/mol. The van der Waals surface area contributed by atoms with Crippen LogP contribution in [0.4, 0.5) is 0 Å². The van der Waals surface area contributed by atoms with Crippen molar-refractivity contribution < 1.29 is 0 Å². The molecule has 4 heteroatoms. The number of nitrogens with one attached hydrogen (secondary N) is 2. The lowest BCUT2D eigenvalue weighted by Gasteiger charge is -2.23. The summed E-state index contributed by atoms with van der Waals surface area (Å²) in [5.41, 5.74) is 5.55. The van der Waals surface area contributed by atoms with E-state index in [1.54, 1.807) is 12.2 Å². The van der Waals surface area contributed by atoms with Crippen molar-refractivity contribution in [1.82, 2.24) is 16.1 Å². The van der Waals surface area contributed by atoms with E-state index in [0.717, 1.165) is 12.8 Å². The molecule has 0 saturated carbocycles. The molecule has 0 aliphatic rings. The summed E-state index contributed by atoms with van der Waals surface area (Å²) < 4.78 is 0. The van der Waals surface area contributed by atoms with Gasteiger partial charge in [-0.05, 0) is 20.4 Å². The molecule has 0 aliphatic carbocycles. The minimum absolute atomic E-state index is 0.373. The minimum atomic E-state index is 0.373. The van der Waals surface area contributed by atoms with Crippen LogP contribution in [-0.4, -0.2) is 18.2 Å². The van der Waals surface area contributed by atoms with Gasteiger partial charge in [0, 0.05) is 6.04 Å². The van der Waals surface area contributed by atoms with Crippen molar-refractivity contribution in [3.8, 4) is 0 Å². The molecule has 0 saturated heterocycles. The summed E-state index contributed by atoms with van der Waals surface area (Å²) in [5.74, 6) is 5.57. The molecule has 0 bridgehead atoms. The van der Waals surface area contributed by atoms with Gasteiger partial charge in [0.25, 0.3) is 0 Å². The highest BCUT2D eigenvalue weighted by atomic mass is 15.8. The van der Waals surface area contributed by atoms with Crippen molar-refractivity contribution in [3.63, 3.8) is 0 Å². The van der Waals surface area contributed by atoms with Crippen molar-refractivity contribution in [1.29, 1.82) is 0 Å². The van der Waals surface area contributed by atoms with E-state index in [4.69, 9.17) is 5.84 Å². The first kappa shape index (κ1) is 9.84. The molecule has 0 amide bonds. The first-order valence-electron chi connectivity index (χ1n) is 3.68. The van der Waals surface area contributed by atoms with E-state index in [2.05, 4.69) is 24.8 Å². The minimum Gasteiger partial charge on any atom is -0.254 e. The lowest BCUT2D eigenvalue weighted by molar-refractivity contribution is 0.105. The highest BCUT2D eigenvalue weighted by molar-refractivity contribution is 4.54. The number of rotatable bonds is 5. The van der Waals surface area contributed by atoms with Gasteiger partial charge in [-0.1, -0.05) is 13.3 Å². The van der Waals surface area contributed by atoms with Crippen LogP contribution in [0.2, 0.25) is 0 Å². The van der Waals surface area contributed by atoms with Crippen LogP contribution in [0.1, 0.15) is 26.7 Å². The third-order valence-corrected chi connectivity index (χ3v) is 1.42. The van der Waals surface area contributed by atoms with Gasteiger partial charge >= 0.3 is 0 Å². The van der Waals surface area contributed by atoms with Crippen LogP contribution < -0.4 is 16.8 Å². The van der Waals surface area contributed by atoms with E-state index in [1.165, 1.54) is 0 Å². The molecule has 0 radical (unpaired) electrons. The summed E-state index contributed by atoms with van der Waals surface area (Å²) >= 11 is 0. The van der Waals surface area contributed by atoms with Gasteiger partial charge in [-0.25, -0.2) is 5.43 Å². The third kappa shape index (κ3) is 3.79. The quantitative estimate of drug-likeness (QED) is 0.377. The lowest BCUT2D eigenvalue weighted by atomic mass is 10.2. The van der Waals surface area contributed by atoms with Gasteiger partial charge in [0.05, 0.1) is 0 Å². The second-order valence-electron chi connectivity index (χ2n) is 2.41. The molecule has 10 heavy (non-hydrogen) atoms. The van der Waals surface area contributed by atoms with E-state index in [0.29, 0.717) is 6.04 Å². The molecule has 4 nitrogen and oxygen atoms in total. The fourth-order valence-electron chi connectivity index (χ4n) is 0.796. The molecule has 4 N–H and O–H groups in total. The van der Waals surface area contributed by atoms with Crippen molar-refractivity contribution >= 4 is 0 Å². The predicted octanol–water partition coefficient (Wildman–Crippen LogP) is -0.0103. The molecule has 0 heterocycles. The van der Waals surface area contributed by atoms with E-state index in [-0.39, 0.29) is 0 Å². The summed E-state index contributed by atoms with van der Waals surface area (Å²) in [6, 6.07) is 0.373. The normalized spacial score (nSPS) is 14.1. The van der Waals surface area contributed by atoms with Crippen molar-refractivity contribution in [3.05, 3.63) is 0 Å². The van der Waals surface area contributed by atoms with Crippen LogP contribution in [0.3, 0.4) is 0 Å². The van der Waals surface area contributed by atoms with Gasteiger partial charge < -0.3 is 0 Å². The number of hydrogen-bond donors (Lipinski definition) is 3. The maximum absolute atomic E-state index is 5.57. The van der Waals surface area contributed by atoms with Crippen LogP contribution >= 0.6 is 0 Å². The van der Waals surface area contributed by atoms with Crippen LogP contribution in [0.25, 0.3) is 0 Å². The van der Waals surface area contributed by atoms with Crippen molar-refractivity contribution in [2.24, 2.45) is 5.84 Å². The summed E-state index contributed by atoms with van der Waals surface area (Å²) in [7, 11) is 1.79. The number of nitrogens with zero attached hydrogens (tertiary/aromatic N) is 1. The van der Waals surface area contributed by atoms with Gasteiger partial charge in [-0.2, -0.15) is 10.7 Å². The van der Waals surface area contributed by atoms with Crippen LogP contribution in [0.15, 0.2) is 0 Å². The first-order chi connectivity index (χ1) is 4.72. The predicted molar refractivity (Wildman–Crippen MR) is 42.6 cm³/mol. The number of nitrogens with two attached hydrogens (primary N) is 1.